The average molecular weight is 544 g/mol. The van der Waals surface area contributed by atoms with Crippen molar-refractivity contribution in [3.63, 3.8) is 0 Å². The summed E-state index contributed by atoms with van der Waals surface area (Å²) in [6, 6.07) is 8.66. The lowest BCUT2D eigenvalue weighted by atomic mass is 9.88. The highest BCUT2D eigenvalue weighted by molar-refractivity contribution is 6.13. The highest BCUT2D eigenvalue weighted by atomic mass is 16.6. The number of ether oxygens (including phenoxy) is 2. The molecule has 0 spiro atoms. The van der Waals surface area contributed by atoms with E-state index < -0.39 is 88.8 Å². The second kappa shape index (κ2) is 10.7. The number of carbonyl (C=O) groups excluding carboxylic acids is 2. The topological polar surface area (TPSA) is 235 Å². The molecule has 0 amide bonds. The first-order valence-corrected chi connectivity index (χ1v) is 11.4. The van der Waals surface area contributed by atoms with Crippen molar-refractivity contribution in [2.24, 2.45) is 0 Å². The molecule has 0 radical (unpaired) electrons. The summed E-state index contributed by atoms with van der Waals surface area (Å²) in [4.78, 5) is 25.3. The van der Waals surface area contributed by atoms with Crippen molar-refractivity contribution in [3.05, 3.63) is 70.8 Å². The van der Waals surface area contributed by atoms with Crippen molar-refractivity contribution in [1.29, 1.82) is 0 Å². The minimum absolute atomic E-state index is 0.0486. The first-order valence-electron chi connectivity index (χ1n) is 11.4. The monoisotopic (exact) mass is 544 g/mol. The second-order valence-corrected chi connectivity index (χ2v) is 8.80. The summed E-state index contributed by atoms with van der Waals surface area (Å²) < 4.78 is 10.7. The lowest BCUT2D eigenvalue weighted by Gasteiger charge is -2.40. The number of hydrogen-bond donors (Lipinski definition) is 9. The summed E-state index contributed by atoms with van der Waals surface area (Å²) in [7, 11) is 0. The van der Waals surface area contributed by atoms with Crippen LogP contribution in [0.1, 0.15) is 37.9 Å². The van der Waals surface area contributed by atoms with Crippen LogP contribution in [0, 0.1) is 0 Å². The molecule has 1 aliphatic rings. The Morgan fingerprint density at radius 2 is 1.36 bits per heavy atom. The number of phenolic OH excluding ortho intramolecular Hbond substituents is 6. The molecule has 1 saturated heterocycles. The van der Waals surface area contributed by atoms with E-state index in [-0.39, 0.29) is 16.9 Å². The SMILES string of the molecule is O=C(OC[C@H]1O[C@@H](c2c(O)cc(O)c(C(=O)c3ccc(O)c(O)c3)c2O)[C@H](O)[C@@H](O)[C@@H]1O)c1ccc(O)cc1. The molecule has 1 fully saturated rings. The third kappa shape index (κ3) is 5.24. The Balaban J connectivity index is 1.64. The predicted molar refractivity (Wildman–Crippen MR) is 129 cm³/mol. The zero-order chi connectivity index (χ0) is 28.6. The van der Waals surface area contributed by atoms with Crippen LogP contribution in [0.25, 0.3) is 0 Å². The molecule has 0 saturated carbocycles. The van der Waals surface area contributed by atoms with Crippen LogP contribution in [0.2, 0.25) is 0 Å². The molecular weight excluding hydrogens is 520 g/mol. The summed E-state index contributed by atoms with van der Waals surface area (Å²) in [6.45, 7) is -0.653. The predicted octanol–water partition coefficient (Wildman–Crippen LogP) is 0.531. The molecule has 13 heteroatoms. The van der Waals surface area contributed by atoms with Crippen LogP contribution < -0.4 is 0 Å². The van der Waals surface area contributed by atoms with Gasteiger partial charge >= 0.3 is 5.97 Å². The minimum Gasteiger partial charge on any atom is -0.508 e. The lowest BCUT2D eigenvalue weighted by Crippen LogP contribution is -2.55. The molecule has 0 bridgehead atoms. The van der Waals surface area contributed by atoms with Gasteiger partial charge in [-0.05, 0) is 42.5 Å². The van der Waals surface area contributed by atoms with Gasteiger partial charge in [-0.2, -0.15) is 0 Å². The van der Waals surface area contributed by atoms with E-state index in [2.05, 4.69) is 0 Å². The zero-order valence-corrected chi connectivity index (χ0v) is 19.9. The first kappa shape index (κ1) is 27.5. The maximum Gasteiger partial charge on any atom is 0.338 e. The fourth-order valence-corrected chi connectivity index (χ4v) is 4.14. The Labute approximate surface area is 219 Å². The van der Waals surface area contributed by atoms with Crippen LogP contribution >= 0.6 is 0 Å². The van der Waals surface area contributed by atoms with Gasteiger partial charge in [0.05, 0.1) is 11.1 Å². The maximum atomic E-state index is 13.0. The number of hydrogen-bond acceptors (Lipinski definition) is 13. The van der Waals surface area contributed by atoms with Crippen LogP contribution in [0.4, 0.5) is 0 Å². The van der Waals surface area contributed by atoms with E-state index in [0.717, 1.165) is 18.2 Å². The molecule has 206 valence electrons. The lowest BCUT2D eigenvalue weighted by molar-refractivity contribution is -0.232. The van der Waals surface area contributed by atoms with Gasteiger partial charge in [0.1, 0.15) is 65.7 Å². The number of rotatable bonds is 6. The van der Waals surface area contributed by atoms with Gasteiger partial charge < -0.3 is 55.4 Å². The number of aliphatic hydroxyl groups excluding tert-OH is 3. The zero-order valence-electron chi connectivity index (χ0n) is 19.9. The molecule has 4 rings (SSSR count). The molecule has 1 heterocycles. The molecule has 13 nitrogen and oxygen atoms in total. The number of aromatic hydroxyl groups is 6. The van der Waals surface area contributed by atoms with Gasteiger partial charge in [0.15, 0.2) is 11.5 Å². The van der Waals surface area contributed by atoms with Crippen LogP contribution in [-0.2, 0) is 9.47 Å². The largest absolute Gasteiger partial charge is 0.508 e. The summed E-state index contributed by atoms with van der Waals surface area (Å²) in [6.07, 6.45) is -8.96. The Kier molecular flexibility index (Phi) is 7.51. The number of carbonyl (C=O) groups is 2. The summed E-state index contributed by atoms with van der Waals surface area (Å²) in [5.41, 5.74) is -1.62. The van der Waals surface area contributed by atoms with E-state index in [1.165, 1.54) is 24.3 Å². The van der Waals surface area contributed by atoms with Crippen molar-refractivity contribution in [2.75, 3.05) is 6.61 Å². The molecule has 39 heavy (non-hydrogen) atoms. The fraction of sp³-hybridized carbons (Fsp3) is 0.231. The highest BCUT2D eigenvalue weighted by Crippen LogP contribution is 2.46. The van der Waals surface area contributed by atoms with Crippen molar-refractivity contribution >= 4 is 11.8 Å². The van der Waals surface area contributed by atoms with Crippen molar-refractivity contribution in [2.45, 2.75) is 30.5 Å². The van der Waals surface area contributed by atoms with E-state index in [1.54, 1.807) is 0 Å². The van der Waals surface area contributed by atoms with E-state index in [4.69, 9.17) is 9.47 Å². The standard InChI is InChI=1S/C26H24O13/c27-12-4-1-10(2-5-12)26(37)38-9-17-21(33)23(35)24(36)25(39-17)19-16(31)8-15(30)18(22(19)34)20(32)11-3-6-13(28)14(29)7-11/h1-8,17,21,23-25,27-31,33-36H,9H2/t17-,21-,23+,24-,25+/m1/s1. The molecule has 0 unspecified atom stereocenters. The molecule has 3 aromatic carbocycles. The minimum atomic E-state index is -1.97. The summed E-state index contributed by atoms with van der Waals surface area (Å²) in [5, 5.41) is 91.7. The third-order valence-electron chi connectivity index (χ3n) is 6.24. The first-order chi connectivity index (χ1) is 18.4. The second-order valence-electron chi connectivity index (χ2n) is 8.80. The molecule has 0 aromatic heterocycles. The number of ketones is 1. The van der Waals surface area contributed by atoms with Gasteiger partial charge in [-0.3, -0.25) is 4.79 Å². The van der Waals surface area contributed by atoms with Gasteiger partial charge in [-0.25, -0.2) is 4.79 Å². The number of aliphatic hydroxyl groups is 3. The molecular formula is C26H24O13. The smallest absolute Gasteiger partial charge is 0.338 e. The normalized spacial score (nSPS) is 22.8. The molecule has 1 aliphatic heterocycles. The maximum absolute atomic E-state index is 13.0. The Morgan fingerprint density at radius 3 is 2.00 bits per heavy atom. The van der Waals surface area contributed by atoms with E-state index in [1.807, 2.05) is 0 Å². The van der Waals surface area contributed by atoms with Crippen LogP contribution in [0.3, 0.4) is 0 Å². The third-order valence-corrected chi connectivity index (χ3v) is 6.24. The Bertz CT molecular complexity index is 1400. The van der Waals surface area contributed by atoms with Crippen LogP contribution in [-0.4, -0.2) is 88.7 Å². The summed E-state index contributed by atoms with van der Waals surface area (Å²) in [5.74, 6) is -5.97. The fourth-order valence-electron chi connectivity index (χ4n) is 4.14. The van der Waals surface area contributed by atoms with Gasteiger partial charge in [0.2, 0.25) is 5.78 Å². The van der Waals surface area contributed by atoms with Crippen molar-refractivity contribution in [1.82, 2.24) is 0 Å². The Morgan fingerprint density at radius 1 is 0.718 bits per heavy atom. The van der Waals surface area contributed by atoms with Gasteiger partial charge in [0, 0.05) is 11.6 Å². The van der Waals surface area contributed by atoms with Crippen LogP contribution in [0.15, 0.2) is 48.5 Å². The van der Waals surface area contributed by atoms with Crippen molar-refractivity contribution in [3.8, 4) is 34.5 Å². The van der Waals surface area contributed by atoms with Crippen molar-refractivity contribution < 1.29 is 65.0 Å². The van der Waals surface area contributed by atoms with Gasteiger partial charge in [-0.1, -0.05) is 0 Å². The molecule has 5 atom stereocenters. The number of benzene rings is 3. The van der Waals surface area contributed by atoms with E-state index >= 15 is 0 Å². The van der Waals surface area contributed by atoms with E-state index in [0.29, 0.717) is 6.07 Å². The van der Waals surface area contributed by atoms with Crippen LogP contribution in [0.5, 0.6) is 34.5 Å². The summed E-state index contributed by atoms with van der Waals surface area (Å²) >= 11 is 0. The quantitative estimate of drug-likeness (QED) is 0.117. The number of esters is 1. The number of phenols is 6. The average Bonchev–Trinajstić information content (AvgIpc) is 2.89. The van der Waals surface area contributed by atoms with Gasteiger partial charge in [0.25, 0.3) is 0 Å². The van der Waals surface area contributed by atoms with Gasteiger partial charge in [-0.15, -0.1) is 0 Å². The highest BCUT2D eigenvalue weighted by Gasteiger charge is 2.47. The molecule has 9 N–H and O–H groups in total. The molecule has 3 aromatic rings. The molecule has 0 aliphatic carbocycles. The Hall–Kier alpha value is -4.56. The van der Waals surface area contributed by atoms with E-state index in [9.17, 15) is 55.5 Å².